The lowest BCUT2D eigenvalue weighted by Crippen LogP contribution is -2.57. The van der Waals surface area contributed by atoms with Crippen LogP contribution in [0.25, 0.3) is 0 Å². The minimum Gasteiger partial charge on any atom is -0.472 e. The van der Waals surface area contributed by atoms with Crippen LogP contribution in [0.5, 0.6) is 0 Å². The van der Waals surface area contributed by atoms with E-state index < -0.39 is 0 Å². The zero-order valence-corrected chi connectivity index (χ0v) is 16.1. The average molecular weight is 385 g/mol. The van der Waals surface area contributed by atoms with Crippen molar-refractivity contribution in [1.29, 1.82) is 0 Å². The molecule has 7 heteroatoms. The van der Waals surface area contributed by atoms with Gasteiger partial charge in [-0.3, -0.25) is 9.59 Å². The van der Waals surface area contributed by atoms with E-state index >= 15 is 0 Å². The monoisotopic (exact) mass is 385 g/mol. The molecule has 1 aliphatic heterocycles. The number of carbonyl (C=O) groups is 2. The third kappa shape index (κ3) is 5.43. The van der Waals surface area contributed by atoms with Crippen LogP contribution in [-0.2, 0) is 9.53 Å². The third-order valence-corrected chi connectivity index (χ3v) is 5.09. The molecular formula is C21H27N3O4. The predicted octanol–water partition coefficient (Wildman–Crippen LogP) is 2.03. The van der Waals surface area contributed by atoms with Crippen LogP contribution in [0, 0.1) is 0 Å². The smallest absolute Gasteiger partial charge is 0.254 e. The summed E-state index contributed by atoms with van der Waals surface area (Å²) in [5, 5.41) is 9.25. The highest BCUT2D eigenvalue weighted by atomic mass is 16.5. The summed E-state index contributed by atoms with van der Waals surface area (Å²) in [5.41, 5.74) is 1.36. The van der Waals surface area contributed by atoms with Gasteiger partial charge in [-0.05, 0) is 31.4 Å². The molecule has 1 atom stereocenters. The van der Waals surface area contributed by atoms with Crippen molar-refractivity contribution in [3.63, 3.8) is 0 Å². The van der Waals surface area contributed by atoms with Gasteiger partial charge in [-0.1, -0.05) is 30.3 Å². The van der Waals surface area contributed by atoms with E-state index in [-0.39, 0.29) is 29.9 Å². The maximum atomic E-state index is 12.2. The lowest BCUT2D eigenvalue weighted by Gasteiger charge is -2.40. The van der Waals surface area contributed by atoms with Crippen molar-refractivity contribution in [1.82, 2.24) is 16.0 Å². The summed E-state index contributed by atoms with van der Waals surface area (Å²) < 4.78 is 10.4. The molecule has 1 fully saturated rings. The minimum absolute atomic E-state index is 0.0785. The van der Waals surface area contributed by atoms with E-state index in [2.05, 4.69) is 35.0 Å². The van der Waals surface area contributed by atoms with E-state index in [1.807, 2.05) is 18.2 Å². The topological polar surface area (TPSA) is 92.6 Å². The molecule has 1 aromatic heterocycles. The molecule has 1 aromatic carbocycles. The van der Waals surface area contributed by atoms with Crippen LogP contribution >= 0.6 is 0 Å². The van der Waals surface area contributed by atoms with Crippen LogP contribution < -0.4 is 16.0 Å². The maximum Gasteiger partial charge on any atom is 0.254 e. The highest BCUT2D eigenvalue weighted by molar-refractivity contribution is 5.96. The molecule has 7 nitrogen and oxygen atoms in total. The molecule has 1 saturated heterocycles. The van der Waals surface area contributed by atoms with Crippen molar-refractivity contribution < 1.29 is 18.7 Å². The van der Waals surface area contributed by atoms with E-state index in [1.165, 1.54) is 18.1 Å². The summed E-state index contributed by atoms with van der Waals surface area (Å²) in [4.78, 5) is 24.2. The molecule has 0 bridgehead atoms. The number of rotatable bonds is 8. The first-order valence-electron chi connectivity index (χ1n) is 9.55. The standard InChI is InChI=1S/C21H27N3O4/c1-16(17-5-3-2-4-6-17)24-21(8-11-27-12-9-21)15-23-19(25)13-22-20(26)18-7-10-28-14-18/h2-7,10,14,16,24H,8-9,11-13,15H2,1H3,(H,22,26)(H,23,25)/t16-/m1/s1. The fourth-order valence-corrected chi connectivity index (χ4v) is 3.41. The Morgan fingerprint density at radius 2 is 1.86 bits per heavy atom. The van der Waals surface area contributed by atoms with E-state index in [1.54, 1.807) is 6.07 Å². The molecule has 3 rings (SSSR count). The Morgan fingerprint density at radius 1 is 1.11 bits per heavy atom. The Kier molecular flexibility index (Phi) is 6.84. The number of ether oxygens (including phenoxy) is 1. The zero-order valence-electron chi connectivity index (χ0n) is 16.1. The first-order valence-corrected chi connectivity index (χ1v) is 9.55. The zero-order chi connectivity index (χ0) is 19.8. The van der Waals surface area contributed by atoms with Gasteiger partial charge in [0.05, 0.1) is 18.4 Å². The van der Waals surface area contributed by atoms with Crippen LogP contribution in [0.1, 0.15) is 41.7 Å². The molecule has 0 unspecified atom stereocenters. The Balaban J connectivity index is 1.53. The second-order valence-corrected chi connectivity index (χ2v) is 7.14. The lowest BCUT2D eigenvalue weighted by atomic mass is 9.88. The molecule has 0 radical (unpaired) electrons. The van der Waals surface area contributed by atoms with Crippen LogP contribution in [0.15, 0.2) is 53.3 Å². The van der Waals surface area contributed by atoms with Gasteiger partial charge in [0, 0.05) is 31.3 Å². The first-order chi connectivity index (χ1) is 13.6. The second kappa shape index (κ2) is 9.52. The third-order valence-electron chi connectivity index (χ3n) is 5.09. The Morgan fingerprint density at radius 3 is 2.54 bits per heavy atom. The first kappa shape index (κ1) is 20.1. The van der Waals surface area contributed by atoms with Gasteiger partial charge in [0.2, 0.25) is 5.91 Å². The SMILES string of the molecule is C[C@@H](NC1(CNC(=O)CNC(=O)c2ccoc2)CCOCC1)c1ccccc1. The summed E-state index contributed by atoms with van der Waals surface area (Å²) in [6, 6.07) is 11.9. The number of amides is 2. The van der Waals surface area contributed by atoms with E-state index in [0.29, 0.717) is 25.3 Å². The molecule has 2 amide bonds. The van der Waals surface area contributed by atoms with Gasteiger partial charge in [0.15, 0.2) is 0 Å². The molecule has 3 N–H and O–H groups in total. The number of hydrogen-bond donors (Lipinski definition) is 3. The summed E-state index contributed by atoms with van der Waals surface area (Å²) in [6.07, 6.45) is 4.39. The molecule has 0 aliphatic carbocycles. The fourth-order valence-electron chi connectivity index (χ4n) is 3.41. The van der Waals surface area contributed by atoms with Crippen LogP contribution in [0.4, 0.5) is 0 Å². The average Bonchev–Trinajstić information content (AvgIpc) is 3.27. The molecule has 2 heterocycles. The fraction of sp³-hybridized carbons (Fsp3) is 0.429. The van der Waals surface area contributed by atoms with Gasteiger partial charge >= 0.3 is 0 Å². The molecule has 2 aromatic rings. The highest BCUT2D eigenvalue weighted by Crippen LogP contribution is 2.25. The van der Waals surface area contributed by atoms with Crippen molar-refractivity contribution >= 4 is 11.8 Å². The Labute approximate surface area is 164 Å². The van der Waals surface area contributed by atoms with E-state index in [0.717, 1.165) is 12.8 Å². The van der Waals surface area contributed by atoms with Crippen molar-refractivity contribution in [2.24, 2.45) is 0 Å². The number of benzene rings is 1. The van der Waals surface area contributed by atoms with Gasteiger partial charge in [0.1, 0.15) is 6.26 Å². The lowest BCUT2D eigenvalue weighted by molar-refractivity contribution is -0.120. The van der Waals surface area contributed by atoms with Gasteiger partial charge in [-0.2, -0.15) is 0 Å². The highest BCUT2D eigenvalue weighted by Gasteiger charge is 2.34. The Hall–Kier alpha value is -2.64. The molecule has 0 spiro atoms. The van der Waals surface area contributed by atoms with Crippen molar-refractivity contribution in [2.75, 3.05) is 26.3 Å². The molecular weight excluding hydrogens is 358 g/mol. The molecule has 0 saturated carbocycles. The van der Waals surface area contributed by atoms with E-state index in [9.17, 15) is 9.59 Å². The van der Waals surface area contributed by atoms with E-state index in [4.69, 9.17) is 9.15 Å². The normalized spacial score (nSPS) is 16.9. The van der Waals surface area contributed by atoms with Gasteiger partial charge in [0.25, 0.3) is 5.91 Å². The van der Waals surface area contributed by atoms with Gasteiger partial charge in [-0.25, -0.2) is 0 Å². The van der Waals surface area contributed by atoms with Crippen molar-refractivity contribution in [3.05, 3.63) is 60.1 Å². The largest absolute Gasteiger partial charge is 0.472 e. The molecule has 150 valence electrons. The minimum atomic E-state index is -0.333. The molecule has 28 heavy (non-hydrogen) atoms. The molecule has 1 aliphatic rings. The Bertz CT molecular complexity index is 755. The number of nitrogens with one attached hydrogen (secondary N) is 3. The second-order valence-electron chi connectivity index (χ2n) is 7.14. The summed E-state index contributed by atoms with van der Waals surface area (Å²) in [5.74, 6) is -0.558. The summed E-state index contributed by atoms with van der Waals surface area (Å²) in [7, 11) is 0. The number of furan rings is 1. The number of carbonyl (C=O) groups excluding carboxylic acids is 2. The van der Waals surface area contributed by atoms with Crippen LogP contribution in [-0.4, -0.2) is 43.7 Å². The van der Waals surface area contributed by atoms with Crippen LogP contribution in [0.2, 0.25) is 0 Å². The summed E-state index contributed by atoms with van der Waals surface area (Å²) >= 11 is 0. The van der Waals surface area contributed by atoms with Crippen molar-refractivity contribution in [3.8, 4) is 0 Å². The van der Waals surface area contributed by atoms with Crippen molar-refractivity contribution in [2.45, 2.75) is 31.3 Å². The number of hydrogen-bond acceptors (Lipinski definition) is 5. The van der Waals surface area contributed by atoms with Gasteiger partial charge in [-0.15, -0.1) is 0 Å². The maximum absolute atomic E-state index is 12.2. The predicted molar refractivity (Wildman–Crippen MR) is 105 cm³/mol. The summed E-state index contributed by atoms with van der Waals surface area (Å²) in [6.45, 7) is 3.83. The van der Waals surface area contributed by atoms with Crippen LogP contribution in [0.3, 0.4) is 0 Å². The van der Waals surface area contributed by atoms with Gasteiger partial charge < -0.3 is 25.1 Å². The quantitative estimate of drug-likeness (QED) is 0.647.